The van der Waals surface area contributed by atoms with Crippen molar-refractivity contribution in [2.24, 2.45) is 0 Å². The van der Waals surface area contributed by atoms with E-state index in [0.29, 0.717) is 13.2 Å². The number of nitrogens with zero attached hydrogens (tertiary/aromatic N) is 1. The maximum atomic E-state index is 12.5. The lowest BCUT2D eigenvalue weighted by molar-refractivity contribution is 0.105. The van der Waals surface area contributed by atoms with Gasteiger partial charge in [0.25, 0.3) is 0 Å². The van der Waals surface area contributed by atoms with E-state index >= 15 is 0 Å². The average Bonchev–Trinajstić information content (AvgIpc) is 2.18. The Morgan fingerprint density at radius 3 is 2.73 bits per heavy atom. The van der Waals surface area contributed by atoms with Crippen molar-refractivity contribution in [1.29, 1.82) is 0 Å². The summed E-state index contributed by atoms with van der Waals surface area (Å²) in [6.45, 7) is 6.29. The van der Waals surface area contributed by atoms with Crippen molar-refractivity contribution in [3.05, 3.63) is 0 Å². The smallest absolute Gasteiger partial charge is 0.136 e. The molecule has 0 aromatic heterocycles. The topological polar surface area (TPSA) is 12.5 Å². The minimum atomic E-state index is -0.794. The Hall–Kier alpha value is -0.150. The van der Waals surface area contributed by atoms with E-state index < -0.39 is 6.17 Å². The van der Waals surface area contributed by atoms with E-state index in [4.69, 9.17) is 4.74 Å². The minimum Gasteiger partial charge on any atom is -0.377 e. The molecule has 2 nitrogen and oxygen atoms in total. The highest BCUT2D eigenvalue weighted by Crippen LogP contribution is 1.99. The summed E-state index contributed by atoms with van der Waals surface area (Å²) in [5.74, 6) is 0. The van der Waals surface area contributed by atoms with E-state index in [2.05, 4.69) is 0 Å². The van der Waals surface area contributed by atoms with Crippen molar-refractivity contribution in [3.63, 3.8) is 0 Å². The first-order valence-electron chi connectivity index (χ1n) is 4.19. The fourth-order valence-corrected chi connectivity index (χ4v) is 0.914. The molecule has 1 aliphatic heterocycles. The lowest BCUT2D eigenvalue weighted by atomic mass is 10.4. The summed E-state index contributed by atoms with van der Waals surface area (Å²) in [5, 5.41) is 0. The van der Waals surface area contributed by atoms with Gasteiger partial charge in [-0.15, -0.1) is 0 Å². The fourth-order valence-electron chi connectivity index (χ4n) is 0.914. The van der Waals surface area contributed by atoms with Crippen LogP contribution in [-0.2, 0) is 4.74 Å². The van der Waals surface area contributed by atoms with Gasteiger partial charge in [0.15, 0.2) is 0 Å². The largest absolute Gasteiger partial charge is 0.377 e. The van der Waals surface area contributed by atoms with Gasteiger partial charge in [-0.3, -0.25) is 0 Å². The zero-order valence-electron chi connectivity index (χ0n) is 7.64. The van der Waals surface area contributed by atoms with Crippen LogP contribution in [0.4, 0.5) is 4.39 Å². The van der Waals surface area contributed by atoms with Crippen LogP contribution in [0.1, 0.15) is 13.8 Å². The quantitative estimate of drug-likeness (QED) is 0.534. The number of alkyl halides is 1. The number of hydrogen-bond acceptors (Lipinski definition) is 2. The predicted octanol–water partition coefficient (Wildman–Crippen LogP) is 1.31. The van der Waals surface area contributed by atoms with E-state index in [9.17, 15) is 4.39 Å². The second kappa shape index (κ2) is 6.55. The molecule has 0 radical (unpaired) electrons. The molecule has 0 saturated carbocycles. The molecule has 11 heavy (non-hydrogen) atoms. The minimum absolute atomic E-state index is 0.268. The summed E-state index contributed by atoms with van der Waals surface area (Å²) in [7, 11) is 1.90. The number of ether oxygens (including phenoxy) is 1. The Kier molecular flexibility index (Phi) is 6.46. The summed E-state index contributed by atoms with van der Waals surface area (Å²) in [6.07, 6.45) is -0.794. The number of rotatable bonds is 0. The van der Waals surface area contributed by atoms with Crippen molar-refractivity contribution < 1.29 is 9.13 Å². The van der Waals surface area contributed by atoms with Crippen LogP contribution in [-0.4, -0.2) is 44.4 Å². The number of likely N-dealkylation sites (N-methyl/N-ethyl adjacent to an activating group) is 1. The van der Waals surface area contributed by atoms with E-state index in [0.717, 1.165) is 6.54 Å². The van der Waals surface area contributed by atoms with Gasteiger partial charge in [-0.05, 0) is 7.05 Å². The van der Waals surface area contributed by atoms with Crippen molar-refractivity contribution >= 4 is 0 Å². The van der Waals surface area contributed by atoms with Crippen LogP contribution < -0.4 is 0 Å². The fraction of sp³-hybridized carbons (Fsp3) is 1.00. The van der Waals surface area contributed by atoms with Crippen LogP contribution in [0.25, 0.3) is 0 Å². The first-order chi connectivity index (χ1) is 5.29. The van der Waals surface area contributed by atoms with E-state index in [1.165, 1.54) is 0 Å². The molecule has 1 rings (SSSR count). The monoisotopic (exact) mass is 163 g/mol. The van der Waals surface area contributed by atoms with Crippen molar-refractivity contribution in [2.45, 2.75) is 20.0 Å². The molecule has 0 N–H and O–H groups in total. The molecule has 0 aliphatic carbocycles. The Bertz CT molecular complexity index is 80.2. The highest BCUT2D eigenvalue weighted by molar-refractivity contribution is 4.64. The van der Waals surface area contributed by atoms with Crippen LogP contribution in [0.5, 0.6) is 0 Å². The summed E-state index contributed by atoms with van der Waals surface area (Å²) < 4.78 is 17.5. The first kappa shape index (κ1) is 10.8. The van der Waals surface area contributed by atoms with Crippen molar-refractivity contribution in [2.75, 3.05) is 33.4 Å². The summed E-state index contributed by atoms with van der Waals surface area (Å²) >= 11 is 0. The number of hydrogen-bond donors (Lipinski definition) is 0. The molecule has 3 heteroatoms. The van der Waals surface area contributed by atoms with Gasteiger partial charge in [0.1, 0.15) is 6.17 Å². The normalized spacial score (nSPS) is 26.7. The Morgan fingerprint density at radius 1 is 1.45 bits per heavy atom. The van der Waals surface area contributed by atoms with Crippen molar-refractivity contribution in [1.82, 2.24) is 4.90 Å². The molecular weight excluding hydrogens is 145 g/mol. The lowest BCUT2D eigenvalue weighted by Gasteiger charge is -2.11. The van der Waals surface area contributed by atoms with Gasteiger partial charge in [0, 0.05) is 13.1 Å². The van der Waals surface area contributed by atoms with E-state index in [-0.39, 0.29) is 6.61 Å². The van der Waals surface area contributed by atoms with Crippen LogP contribution in [0.15, 0.2) is 0 Å². The summed E-state index contributed by atoms with van der Waals surface area (Å²) in [4.78, 5) is 1.94. The second-order valence-electron chi connectivity index (χ2n) is 2.43. The molecule has 0 aromatic carbocycles. The molecule has 1 heterocycles. The molecule has 68 valence electrons. The third-order valence-corrected chi connectivity index (χ3v) is 1.43. The van der Waals surface area contributed by atoms with Crippen LogP contribution in [0, 0.1) is 0 Å². The van der Waals surface area contributed by atoms with Crippen molar-refractivity contribution in [3.8, 4) is 0 Å². The molecular formula is C8H18FNO. The second-order valence-corrected chi connectivity index (χ2v) is 2.43. The highest BCUT2D eigenvalue weighted by atomic mass is 19.1. The summed E-state index contributed by atoms with van der Waals surface area (Å²) in [6, 6.07) is 0. The third-order valence-electron chi connectivity index (χ3n) is 1.43. The van der Waals surface area contributed by atoms with Gasteiger partial charge in [-0.2, -0.15) is 0 Å². The molecule has 1 atom stereocenters. The maximum absolute atomic E-state index is 12.5. The lowest BCUT2D eigenvalue weighted by Crippen LogP contribution is -2.26. The Labute approximate surface area is 68.3 Å². The Balaban J connectivity index is 0.000000461. The molecule has 1 unspecified atom stereocenters. The molecule has 0 amide bonds. The van der Waals surface area contributed by atoms with Gasteiger partial charge in [0.2, 0.25) is 0 Å². The van der Waals surface area contributed by atoms with Gasteiger partial charge < -0.3 is 9.64 Å². The van der Waals surface area contributed by atoms with Gasteiger partial charge in [-0.1, -0.05) is 13.8 Å². The van der Waals surface area contributed by atoms with Crippen LogP contribution in [0.2, 0.25) is 0 Å². The Morgan fingerprint density at radius 2 is 2.09 bits per heavy atom. The number of halogens is 1. The SMILES string of the molecule is CC.CN1CCOCC(F)C1. The highest BCUT2D eigenvalue weighted by Gasteiger charge is 2.13. The van der Waals surface area contributed by atoms with Crippen LogP contribution >= 0.6 is 0 Å². The first-order valence-corrected chi connectivity index (χ1v) is 4.19. The molecule has 1 fully saturated rings. The molecule has 0 spiro atoms. The molecule has 1 aliphatic rings. The van der Waals surface area contributed by atoms with Gasteiger partial charge in [-0.25, -0.2) is 4.39 Å². The summed E-state index contributed by atoms with van der Waals surface area (Å²) in [5.41, 5.74) is 0. The molecule has 0 bridgehead atoms. The van der Waals surface area contributed by atoms with Gasteiger partial charge in [0.05, 0.1) is 13.2 Å². The zero-order chi connectivity index (χ0) is 8.69. The standard InChI is InChI=1S/C6H12FNO.C2H6/c1-8-2-3-9-5-6(7)4-8;1-2/h6H,2-5H2,1H3;1-2H3. The zero-order valence-corrected chi connectivity index (χ0v) is 7.64. The third kappa shape index (κ3) is 5.16. The van der Waals surface area contributed by atoms with E-state index in [1.807, 2.05) is 25.8 Å². The van der Waals surface area contributed by atoms with Gasteiger partial charge >= 0.3 is 0 Å². The van der Waals surface area contributed by atoms with E-state index in [1.54, 1.807) is 0 Å². The average molecular weight is 163 g/mol. The molecule has 1 saturated heterocycles. The maximum Gasteiger partial charge on any atom is 0.136 e. The molecule has 0 aromatic rings. The predicted molar refractivity (Wildman–Crippen MR) is 44.6 cm³/mol. The van der Waals surface area contributed by atoms with Crippen LogP contribution in [0.3, 0.4) is 0 Å².